The van der Waals surface area contributed by atoms with Gasteiger partial charge in [-0.2, -0.15) is 0 Å². The van der Waals surface area contributed by atoms with E-state index in [4.69, 9.17) is 4.74 Å². The predicted molar refractivity (Wildman–Crippen MR) is 91.3 cm³/mol. The molecule has 3 nitrogen and oxygen atoms in total. The van der Waals surface area contributed by atoms with Gasteiger partial charge in [0.15, 0.2) is 0 Å². The zero-order chi connectivity index (χ0) is 17.7. The molecular formula is C19H24F2N2O. The standard InChI is InChI=1S/C19H24F2N2O/c1-12(2)7-13(3)10-24-18-6-5-15(9-16(18)19(20)21)17-8-14(4)22-11-23-17/h5-6,8-9,11-13,19H,7,10H2,1-4H3/t13-/m0/s1. The predicted octanol–water partition coefficient (Wildman–Crippen LogP) is 5.45. The van der Waals surface area contributed by atoms with Crippen LogP contribution in [0.2, 0.25) is 0 Å². The Morgan fingerprint density at radius 3 is 2.46 bits per heavy atom. The molecule has 2 rings (SSSR count). The number of aryl methyl sites for hydroxylation is 1. The van der Waals surface area contributed by atoms with E-state index in [1.54, 1.807) is 18.2 Å². The van der Waals surface area contributed by atoms with Crippen molar-refractivity contribution in [2.75, 3.05) is 6.61 Å². The molecule has 2 aromatic rings. The Balaban J connectivity index is 2.21. The monoisotopic (exact) mass is 334 g/mol. The Morgan fingerprint density at radius 1 is 1.08 bits per heavy atom. The molecule has 5 heteroatoms. The van der Waals surface area contributed by atoms with E-state index < -0.39 is 6.43 Å². The lowest BCUT2D eigenvalue weighted by molar-refractivity contribution is 0.142. The van der Waals surface area contributed by atoms with Gasteiger partial charge in [-0.05, 0) is 49.4 Å². The summed E-state index contributed by atoms with van der Waals surface area (Å²) in [5.74, 6) is 1.12. The van der Waals surface area contributed by atoms with Gasteiger partial charge in [-0.3, -0.25) is 0 Å². The lowest BCUT2D eigenvalue weighted by Gasteiger charge is -2.17. The van der Waals surface area contributed by atoms with Crippen LogP contribution in [0.5, 0.6) is 5.75 Å². The van der Waals surface area contributed by atoms with Gasteiger partial charge < -0.3 is 4.74 Å². The molecule has 0 radical (unpaired) electrons. The summed E-state index contributed by atoms with van der Waals surface area (Å²) >= 11 is 0. The van der Waals surface area contributed by atoms with Crippen molar-refractivity contribution in [3.8, 4) is 17.0 Å². The molecule has 0 N–H and O–H groups in total. The number of rotatable bonds is 7. The number of benzene rings is 1. The van der Waals surface area contributed by atoms with Crippen molar-refractivity contribution in [1.29, 1.82) is 0 Å². The summed E-state index contributed by atoms with van der Waals surface area (Å²) in [5.41, 5.74) is 1.96. The van der Waals surface area contributed by atoms with Gasteiger partial charge in [0.1, 0.15) is 12.1 Å². The van der Waals surface area contributed by atoms with Crippen LogP contribution in [0.1, 0.15) is 44.9 Å². The van der Waals surface area contributed by atoms with Crippen molar-refractivity contribution in [2.24, 2.45) is 11.8 Å². The third-order valence-corrected chi connectivity index (χ3v) is 3.74. The first-order valence-corrected chi connectivity index (χ1v) is 8.20. The summed E-state index contributed by atoms with van der Waals surface area (Å²) in [4.78, 5) is 8.18. The second-order valence-corrected chi connectivity index (χ2v) is 6.64. The highest BCUT2D eigenvalue weighted by Crippen LogP contribution is 2.33. The van der Waals surface area contributed by atoms with Crippen LogP contribution in [0.15, 0.2) is 30.6 Å². The van der Waals surface area contributed by atoms with Crippen LogP contribution in [0.3, 0.4) is 0 Å². The molecule has 1 atom stereocenters. The van der Waals surface area contributed by atoms with Gasteiger partial charge in [-0.15, -0.1) is 0 Å². The van der Waals surface area contributed by atoms with Crippen molar-refractivity contribution < 1.29 is 13.5 Å². The zero-order valence-corrected chi connectivity index (χ0v) is 14.6. The third kappa shape index (κ3) is 4.98. The summed E-state index contributed by atoms with van der Waals surface area (Å²) in [6.07, 6.45) is -0.157. The molecule has 1 aromatic carbocycles. The lowest BCUT2D eigenvalue weighted by atomic mass is 10.00. The Bertz CT molecular complexity index is 674. The van der Waals surface area contributed by atoms with E-state index in [1.165, 1.54) is 12.4 Å². The van der Waals surface area contributed by atoms with Crippen molar-refractivity contribution >= 4 is 0 Å². The minimum absolute atomic E-state index is 0.0967. The van der Waals surface area contributed by atoms with E-state index in [9.17, 15) is 8.78 Å². The average Bonchev–Trinajstić information content (AvgIpc) is 2.52. The summed E-state index contributed by atoms with van der Waals surface area (Å²) in [6.45, 7) is 8.62. The first kappa shape index (κ1) is 18.3. The highest BCUT2D eigenvalue weighted by molar-refractivity contribution is 5.62. The van der Waals surface area contributed by atoms with Gasteiger partial charge in [0.05, 0.1) is 17.9 Å². The van der Waals surface area contributed by atoms with Gasteiger partial charge in [-0.25, -0.2) is 18.7 Å². The van der Waals surface area contributed by atoms with E-state index in [-0.39, 0.29) is 11.3 Å². The number of alkyl halides is 2. The van der Waals surface area contributed by atoms with Gasteiger partial charge in [-0.1, -0.05) is 20.8 Å². The van der Waals surface area contributed by atoms with Crippen molar-refractivity contribution in [1.82, 2.24) is 9.97 Å². The number of halogens is 2. The first-order valence-electron chi connectivity index (χ1n) is 8.20. The fourth-order valence-electron chi connectivity index (χ4n) is 2.73. The summed E-state index contributed by atoms with van der Waals surface area (Å²) < 4.78 is 32.5. The summed E-state index contributed by atoms with van der Waals surface area (Å²) in [5, 5.41) is 0. The molecule has 0 amide bonds. The molecular weight excluding hydrogens is 310 g/mol. The molecule has 24 heavy (non-hydrogen) atoms. The maximum absolute atomic E-state index is 13.4. The zero-order valence-electron chi connectivity index (χ0n) is 14.6. The van der Waals surface area contributed by atoms with E-state index in [0.717, 1.165) is 12.1 Å². The Kier molecular flexibility index (Phi) is 6.23. The van der Waals surface area contributed by atoms with E-state index >= 15 is 0 Å². The molecule has 0 spiro atoms. The average molecular weight is 334 g/mol. The molecule has 130 valence electrons. The number of hydrogen-bond donors (Lipinski definition) is 0. The second kappa shape index (κ2) is 8.18. The number of ether oxygens (including phenoxy) is 1. The maximum atomic E-state index is 13.4. The lowest BCUT2D eigenvalue weighted by Crippen LogP contribution is -2.12. The molecule has 0 aliphatic carbocycles. The summed E-state index contributed by atoms with van der Waals surface area (Å²) in [6, 6.07) is 6.59. The molecule has 0 unspecified atom stereocenters. The fraction of sp³-hybridized carbons (Fsp3) is 0.474. The van der Waals surface area contributed by atoms with Crippen molar-refractivity contribution in [3.63, 3.8) is 0 Å². The van der Waals surface area contributed by atoms with Gasteiger partial charge in [0.25, 0.3) is 6.43 Å². The minimum atomic E-state index is -2.59. The molecule has 0 saturated carbocycles. The molecule has 1 heterocycles. The maximum Gasteiger partial charge on any atom is 0.267 e. The fourth-order valence-corrected chi connectivity index (χ4v) is 2.73. The van der Waals surface area contributed by atoms with Gasteiger partial charge >= 0.3 is 0 Å². The van der Waals surface area contributed by atoms with Crippen LogP contribution in [0.4, 0.5) is 8.78 Å². The van der Waals surface area contributed by atoms with Crippen LogP contribution in [0, 0.1) is 18.8 Å². The smallest absolute Gasteiger partial charge is 0.267 e. The Labute approximate surface area is 142 Å². The van der Waals surface area contributed by atoms with Crippen LogP contribution in [-0.2, 0) is 0 Å². The van der Waals surface area contributed by atoms with Crippen LogP contribution in [0.25, 0.3) is 11.3 Å². The van der Waals surface area contributed by atoms with Crippen molar-refractivity contribution in [3.05, 3.63) is 41.9 Å². The largest absolute Gasteiger partial charge is 0.493 e. The highest BCUT2D eigenvalue weighted by atomic mass is 19.3. The van der Waals surface area contributed by atoms with E-state index in [0.29, 0.717) is 29.7 Å². The molecule has 0 bridgehead atoms. The molecule has 0 saturated heterocycles. The number of nitrogens with zero attached hydrogens (tertiary/aromatic N) is 2. The van der Waals surface area contributed by atoms with Crippen LogP contribution < -0.4 is 4.74 Å². The minimum Gasteiger partial charge on any atom is -0.493 e. The Hall–Kier alpha value is -2.04. The van der Waals surface area contributed by atoms with E-state index in [1.807, 2.05) is 6.92 Å². The molecule has 0 aliphatic rings. The molecule has 1 aromatic heterocycles. The van der Waals surface area contributed by atoms with Crippen LogP contribution in [-0.4, -0.2) is 16.6 Å². The van der Waals surface area contributed by atoms with Gasteiger partial charge in [0.2, 0.25) is 0 Å². The quantitative estimate of drug-likeness (QED) is 0.675. The number of aromatic nitrogens is 2. The van der Waals surface area contributed by atoms with E-state index in [2.05, 4.69) is 30.7 Å². The first-order chi connectivity index (χ1) is 11.4. The molecule has 0 fully saturated rings. The normalized spacial score (nSPS) is 12.7. The highest BCUT2D eigenvalue weighted by Gasteiger charge is 2.17. The second-order valence-electron chi connectivity index (χ2n) is 6.64. The van der Waals surface area contributed by atoms with Gasteiger partial charge in [0, 0.05) is 11.3 Å². The summed E-state index contributed by atoms with van der Waals surface area (Å²) in [7, 11) is 0. The number of hydrogen-bond acceptors (Lipinski definition) is 3. The SMILES string of the molecule is Cc1cc(-c2ccc(OC[C@@H](C)CC(C)C)c(C(F)F)c2)ncn1. The topological polar surface area (TPSA) is 35.0 Å². The Morgan fingerprint density at radius 2 is 1.83 bits per heavy atom. The third-order valence-electron chi connectivity index (χ3n) is 3.74. The molecule has 0 aliphatic heterocycles. The van der Waals surface area contributed by atoms with Crippen LogP contribution >= 0.6 is 0 Å². The van der Waals surface area contributed by atoms with Crippen molar-refractivity contribution in [2.45, 2.75) is 40.5 Å².